The van der Waals surface area contributed by atoms with Crippen molar-refractivity contribution >= 4 is 15.7 Å². The normalized spacial score (nSPS) is 12.9. The van der Waals surface area contributed by atoms with Gasteiger partial charge in [-0.05, 0) is 62.5 Å². The van der Waals surface area contributed by atoms with Crippen molar-refractivity contribution in [3.05, 3.63) is 53.6 Å². The molecule has 1 N–H and O–H groups in total. The van der Waals surface area contributed by atoms with Crippen LogP contribution in [0.3, 0.4) is 0 Å². The van der Waals surface area contributed by atoms with Crippen LogP contribution >= 0.6 is 0 Å². The summed E-state index contributed by atoms with van der Waals surface area (Å²) in [5.74, 6) is 0.668. The molecule has 0 unspecified atom stereocenters. The second-order valence-electron chi connectivity index (χ2n) is 6.95. The smallest absolute Gasteiger partial charge is 0.240 e. The van der Waals surface area contributed by atoms with Crippen molar-refractivity contribution in [1.82, 2.24) is 9.62 Å². The maximum absolute atomic E-state index is 12.7. The average Bonchev–Trinajstić information content (AvgIpc) is 2.61. The van der Waals surface area contributed by atoms with Crippen LogP contribution in [0.15, 0.2) is 47.4 Å². The molecule has 0 aromatic heterocycles. The minimum atomic E-state index is -3.61. The Morgan fingerprint density at radius 2 is 1.67 bits per heavy atom. The maximum atomic E-state index is 12.7. The van der Waals surface area contributed by atoms with Crippen LogP contribution < -0.4 is 14.4 Å². The van der Waals surface area contributed by atoms with E-state index >= 15 is 0 Å². The molecule has 0 aliphatic heterocycles. The van der Waals surface area contributed by atoms with E-state index in [4.69, 9.17) is 4.74 Å². The summed E-state index contributed by atoms with van der Waals surface area (Å²) in [7, 11) is 5.82. The standard InChI is InChI=1S/C20H29N3O3S/c1-15-13-18(11-12-20(15)26-6)27(24,25)21-14-19(23(4)5)16-7-9-17(10-8-16)22(2)3/h7-13,19,21H,14H2,1-6H3/t19-/m1/s1. The van der Waals surface area contributed by atoms with Gasteiger partial charge in [-0.1, -0.05) is 12.1 Å². The number of likely N-dealkylation sites (N-methyl/N-ethyl adjacent to an activating group) is 1. The number of methoxy groups -OCH3 is 1. The van der Waals surface area contributed by atoms with Gasteiger partial charge in [0.2, 0.25) is 10.0 Å². The van der Waals surface area contributed by atoms with Gasteiger partial charge < -0.3 is 14.5 Å². The highest BCUT2D eigenvalue weighted by Crippen LogP contribution is 2.23. The number of rotatable bonds is 8. The van der Waals surface area contributed by atoms with Crippen LogP contribution in [0.1, 0.15) is 17.2 Å². The highest BCUT2D eigenvalue weighted by Gasteiger charge is 2.20. The molecule has 0 saturated carbocycles. The Kier molecular flexibility index (Phi) is 6.86. The Labute approximate surface area is 162 Å². The summed E-state index contributed by atoms with van der Waals surface area (Å²) in [6, 6.07) is 12.9. The number of hydrogen-bond donors (Lipinski definition) is 1. The van der Waals surface area contributed by atoms with Crippen molar-refractivity contribution in [2.24, 2.45) is 0 Å². The Hall–Kier alpha value is -2.09. The summed E-state index contributed by atoms with van der Waals surface area (Å²) in [5.41, 5.74) is 2.94. The molecule has 27 heavy (non-hydrogen) atoms. The fourth-order valence-electron chi connectivity index (χ4n) is 2.88. The summed E-state index contributed by atoms with van der Waals surface area (Å²) in [6.45, 7) is 2.11. The lowest BCUT2D eigenvalue weighted by atomic mass is 10.1. The third-order valence-corrected chi connectivity index (χ3v) is 5.98. The zero-order valence-electron chi connectivity index (χ0n) is 16.9. The molecule has 0 radical (unpaired) electrons. The minimum Gasteiger partial charge on any atom is -0.496 e. The zero-order chi connectivity index (χ0) is 20.2. The number of aryl methyl sites for hydroxylation is 1. The number of benzene rings is 2. The predicted molar refractivity (Wildman–Crippen MR) is 110 cm³/mol. The molecule has 0 spiro atoms. The summed E-state index contributed by atoms with van der Waals surface area (Å²) in [4.78, 5) is 4.27. The molecule has 0 aliphatic carbocycles. The van der Waals surface area contributed by atoms with Gasteiger partial charge in [0, 0.05) is 32.4 Å². The second-order valence-corrected chi connectivity index (χ2v) is 8.72. The van der Waals surface area contributed by atoms with E-state index in [-0.39, 0.29) is 17.5 Å². The van der Waals surface area contributed by atoms with Crippen molar-refractivity contribution in [3.8, 4) is 5.75 Å². The molecule has 0 fully saturated rings. The van der Waals surface area contributed by atoms with Gasteiger partial charge in [0.1, 0.15) is 5.75 Å². The number of nitrogens with zero attached hydrogens (tertiary/aromatic N) is 2. The average molecular weight is 392 g/mol. The number of hydrogen-bond acceptors (Lipinski definition) is 5. The molecular weight excluding hydrogens is 362 g/mol. The molecule has 7 heteroatoms. The number of ether oxygens (including phenoxy) is 1. The van der Waals surface area contributed by atoms with Crippen molar-refractivity contribution in [3.63, 3.8) is 0 Å². The molecule has 148 valence electrons. The Bertz CT molecular complexity index is 863. The molecule has 0 amide bonds. The molecular formula is C20H29N3O3S. The van der Waals surface area contributed by atoms with Gasteiger partial charge in [-0.15, -0.1) is 0 Å². The monoisotopic (exact) mass is 391 g/mol. The first kappa shape index (κ1) is 21.2. The third kappa shape index (κ3) is 5.22. The van der Waals surface area contributed by atoms with Crippen LogP contribution in [0.25, 0.3) is 0 Å². The lowest BCUT2D eigenvalue weighted by Gasteiger charge is -2.26. The molecule has 1 atom stereocenters. The van der Waals surface area contributed by atoms with Gasteiger partial charge in [-0.3, -0.25) is 0 Å². The van der Waals surface area contributed by atoms with E-state index in [0.717, 1.165) is 16.8 Å². The van der Waals surface area contributed by atoms with Gasteiger partial charge in [0.05, 0.1) is 12.0 Å². The first-order chi connectivity index (χ1) is 12.7. The van der Waals surface area contributed by atoms with Crippen LogP contribution in [0.4, 0.5) is 5.69 Å². The molecule has 0 aliphatic rings. The van der Waals surface area contributed by atoms with Crippen LogP contribution in [0, 0.1) is 6.92 Å². The molecule has 0 heterocycles. The molecule has 2 rings (SSSR count). The Morgan fingerprint density at radius 1 is 1.04 bits per heavy atom. The number of anilines is 1. The van der Waals surface area contributed by atoms with Crippen LogP contribution in [-0.2, 0) is 10.0 Å². The first-order valence-electron chi connectivity index (χ1n) is 8.73. The fraction of sp³-hybridized carbons (Fsp3) is 0.400. The molecule has 0 saturated heterocycles. The Morgan fingerprint density at radius 3 is 2.15 bits per heavy atom. The van der Waals surface area contributed by atoms with Crippen molar-refractivity contribution < 1.29 is 13.2 Å². The third-order valence-electron chi connectivity index (χ3n) is 4.56. The number of sulfonamides is 1. The van der Waals surface area contributed by atoms with Crippen LogP contribution in [0.2, 0.25) is 0 Å². The summed E-state index contributed by atoms with van der Waals surface area (Å²) >= 11 is 0. The van der Waals surface area contributed by atoms with Crippen molar-refractivity contribution in [1.29, 1.82) is 0 Å². The molecule has 2 aromatic rings. The van der Waals surface area contributed by atoms with E-state index in [1.165, 1.54) is 0 Å². The van der Waals surface area contributed by atoms with Crippen molar-refractivity contribution in [2.75, 3.05) is 46.7 Å². The van der Waals surface area contributed by atoms with Crippen molar-refractivity contribution in [2.45, 2.75) is 17.9 Å². The quantitative estimate of drug-likeness (QED) is 0.750. The lowest BCUT2D eigenvalue weighted by molar-refractivity contribution is 0.299. The van der Waals surface area contributed by atoms with E-state index in [2.05, 4.69) is 4.72 Å². The first-order valence-corrected chi connectivity index (χ1v) is 10.2. The number of nitrogens with one attached hydrogen (secondary N) is 1. The maximum Gasteiger partial charge on any atom is 0.240 e. The zero-order valence-corrected chi connectivity index (χ0v) is 17.7. The lowest BCUT2D eigenvalue weighted by Crippen LogP contribution is -2.34. The van der Waals surface area contributed by atoms with Crippen LogP contribution in [0.5, 0.6) is 5.75 Å². The van der Waals surface area contributed by atoms with Gasteiger partial charge in [0.15, 0.2) is 0 Å². The van der Waals surface area contributed by atoms with E-state index in [1.807, 2.05) is 69.2 Å². The summed E-state index contributed by atoms with van der Waals surface area (Å²) in [6.07, 6.45) is 0. The van der Waals surface area contributed by atoms with E-state index < -0.39 is 10.0 Å². The van der Waals surface area contributed by atoms with Gasteiger partial charge in [-0.25, -0.2) is 13.1 Å². The predicted octanol–water partition coefficient (Wildman–Crippen LogP) is 2.65. The second kappa shape index (κ2) is 8.73. The van der Waals surface area contributed by atoms with Crippen LogP contribution in [-0.4, -0.2) is 55.2 Å². The topological polar surface area (TPSA) is 61.9 Å². The molecule has 2 aromatic carbocycles. The van der Waals surface area contributed by atoms with E-state index in [9.17, 15) is 8.42 Å². The summed E-state index contributed by atoms with van der Waals surface area (Å²) < 4.78 is 33.4. The van der Waals surface area contributed by atoms with Gasteiger partial charge in [-0.2, -0.15) is 0 Å². The highest BCUT2D eigenvalue weighted by molar-refractivity contribution is 7.89. The largest absolute Gasteiger partial charge is 0.496 e. The molecule has 6 nitrogen and oxygen atoms in total. The van der Waals surface area contributed by atoms with Gasteiger partial charge >= 0.3 is 0 Å². The molecule has 0 bridgehead atoms. The highest BCUT2D eigenvalue weighted by atomic mass is 32.2. The Balaban J connectivity index is 2.18. The fourth-order valence-corrected chi connectivity index (χ4v) is 4.01. The summed E-state index contributed by atoms with van der Waals surface area (Å²) in [5, 5.41) is 0. The SMILES string of the molecule is COc1ccc(S(=O)(=O)NC[C@H](c2ccc(N(C)C)cc2)N(C)C)cc1C. The minimum absolute atomic E-state index is 0.0738. The van der Waals surface area contributed by atoms with E-state index in [0.29, 0.717) is 5.75 Å². The van der Waals surface area contributed by atoms with E-state index in [1.54, 1.807) is 25.3 Å². The van der Waals surface area contributed by atoms with Gasteiger partial charge in [0.25, 0.3) is 0 Å².